The van der Waals surface area contributed by atoms with Crippen LogP contribution in [0.5, 0.6) is 0 Å². The molecule has 170 valence electrons. The number of rotatable bonds is 5. The van der Waals surface area contributed by atoms with Crippen LogP contribution in [0, 0.1) is 0 Å². The maximum atomic E-state index is 12.9. The van der Waals surface area contributed by atoms with Gasteiger partial charge in [0.2, 0.25) is 0 Å². The zero-order valence-electron chi connectivity index (χ0n) is 17.9. The highest BCUT2D eigenvalue weighted by Crippen LogP contribution is 2.30. The molecule has 0 radical (unpaired) electrons. The third-order valence-corrected chi connectivity index (χ3v) is 5.91. The molecular formula is C24H23F3N6. The molecule has 0 aliphatic carbocycles. The summed E-state index contributed by atoms with van der Waals surface area (Å²) in [6.45, 7) is 3.02. The summed E-state index contributed by atoms with van der Waals surface area (Å²) < 4.78 is 39.8. The molecule has 0 unspecified atom stereocenters. The van der Waals surface area contributed by atoms with Crippen LogP contribution in [-0.4, -0.2) is 57.1 Å². The van der Waals surface area contributed by atoms with E-state index in [0.717, 1.165) is 13.1 Å². The molecule has 1 aliphatic rings. The van der Waals surface area contributed by atoms with E-state index in [1.807, 2.05) is 12.1 Å². The number of aromatic nitrogens is 4. The van der Waals surface area contributed by atoms with E-state index in [9.17, 15) is 13.2 Å². The summed E-state index contributed by atoms with van der Waals surface area (Å²) in [5.74, 6) is 0.424. The molecule has 0 N–H and O–H groups in total. The van der Waals surface area contributed by atoms with Gasteiger partial charge in [-0.25, -0.2) is 0 Å². The predicted octanol–water partition coefficient (Wildman–Crippen LogP) is 4.14. The van der Waals surface area contributed by atoms with Gasteiger partial charge in [0, 0.05) is 26.2 Å². The van der Waals surface area contributed by atoms with Crippen LogP contribution < -0.4 is 4.90 Å². The standard InChI is InChI=1S/C24H23F3N6/c25-24(26,27)17-22-29-28-20-11-12-21(30-33(20)22)31-13-15-32(16-14-31)23(18-7-3-1-4-8-18)19-9-5-2-6-10-19/h1-12,23H,13-17H2. The Balaban J connectivity index is 1.36. The molecule has 6 nitrogen and oxygen atoms in total. The number of alkyl halides is 3. The third-order valence-electron chi connectivity index (χ3n) is 5.91. The van der Waals surface area contributed by atoms with Crippen LogP contribution in [0.4, 0.5) is 19.0 Å². The van der Waals surface area contributed by atoms with Crippen molar-refractivity contribution in [3.63, 3.8) is 0 Å². The lowest BCUT2D eigenvalue weighted by atomic mass is 9.96. The summed E-state index contributed by atoms with van der Waals surface area (Å²) in [6, 6.07) is 24.4. The third kappa shape index (κ3) is 4.68. The highest BCUT2D eigenvalue weighted by atomic mass is 19.4. The van der Waals surface area contributed by atoms with Crippen molar-refractivity contribution < 1.29 is 13.2 Å². The van der Waals surface area contributed by atoms with E-state index in [1.54, 1.807) is 12.1 Å². The molecule has 2 aromatic carbocycles. The van der Waals surface area contributed by atoms with E-state index in [2.05, 4.69) is 73.6 Å². The smallest absolute Gasteiger partial charge is 0.353 e. The second-order valence-corrected chi connectivity index (χ2v) is 8.12. The zero-order valence-corrected chi connectivity index (χ0v) is 17.9. The first-order chi connectivity index (χ1) is 16.0. The average Bonchev–Trinajstić information content (AvgIpc) is 3.21. The fourth-order valence-electron chi connectivity index (χ4n) is 4.38. The second-order valence-electron chi connectivity index (χ2n) is 8.12. The molecule has 5 rings (SSSR count). The van der Waals surface area contributed by atoms with Gasteiger partial charge in [0.15, 0.2) is 11.5 Å². The SMILES string of the molecule is FC(F)(F)Cc1nnc2ccc(N3CCN(C(c4ccccc4)c4ccccc4)CC3)nn12. The van der Waals surface area contributed by atoms with Crippen molar-refractivity contribution in [2.24, 2.45) is 0 Å². The molecule has 0 spiro atoms. The largest absolute Gasteiger partial charge is 0.396 e. The quantitative estimate of drug-likeness (QED) is 0.456. The van der Waals surface area contributed by atoms with Gasteiger partial charge < -0.3 is 4.90 Å². The Bertz CT molecular complexity index is 1160. The molecular weight excluding hydrogens is 429 g/mol. The lowest BCUT2D eigenvalue weighted by Crippen LogP contribution is -2.48. The first kappa shape index (κ1) is 21.4. The number of piperazine rings is 1. The summed E-state index contributed by atoms with van der Waals surface area (Å²) in [7, 11) is 0. The Morgan fingerprint density at radius 3 is 1.94 bits per heavy atom. The number of benzene rings is 2. The maximum Gasteiger partial charge on any atom is 0.396 e. The van der Waals surface area contributed by atoms with Gasteiger partial charge in [-0.15, -0.1) is 15.3 Å². The molecule has 0 saturated carbocycles. The number of hydrogen-bond acceptors (Lipinski definition) is 5. The molecule has 1 saturated heterocycles. The molecule has 0 bridgehead atoms. The van der Waals surface area contributed by atoms with Crippen molar-refractivity contribution in [3.8, 4) is 0 Å². The van der Waals surface area contributed by atoms with Crippen LogP contribution >= 0.6 is 0 Å². The molecule has 0 amide bonds. The van der Waals surface area contributed by atoms with Crippen molar-refractivity contribution in [3.05, 3.63) is 89.7 Å². The average molecular weight is 452 g/mol. The van der Waals surface area contributed by atoms with Crippen LogP contribution in [-0.2, 0) is 6.42 Å². The number of fused-ring (bicyclic) bond motifs is 1. The maximum absolute atomic E-state index is 12.9. The zero-order chi connectivity index (χ0) is 22.8. The molecule has 2 aromatic heterocycles. The molecule has 4 aromatic rings. The van der Waals surface area contributed by atoms with Crippen molar-refractivity contribution in [1.29, 1.82) is 0 Å². The topological polar surface area (TPSA) is 49.6 Å². The van der Waals surface area contributed by atoms with Gasteiger partial charge in [-0.2, -0.15) is 17.7 Å². The van der Waals surface area contributed by atoms with Crippen LogP contribution in [0.15, 0.2) is 72.8 Å². The lowest BCUT2D eigenvalue weighted by molar-refractivity contribution is -0.128. The Morgan fingerprint density at radius 1 is 0.758 bits per heavy atom. The number of nitrogens with zero attached hydrogens (tertiary/aromatic N) is 6. The fourth-order valence-corrected chi connectivity index (χ4v) is 4.38. The Kier molecular flexibility index (Phi) is 5.72. The van der Waals surface area contributed by atoms with Gasteiger partial charge in [-0.1, -0.05) is 60.7 Å². The van der Waals surface area contributed by atoms with Crippen molar-refractivity contribution in [2.45, 2.75) is 18.6 Å². The minimum atomic E-state index is -4.36. The van der Waals surface area contributed by atoms with Crippen molar-refractivity contribution in [2.75, 3.05) is 31.1 Å². The molecule has 3 heterocycles. The first-order valence-electron chi connectivity index (χ1n) is 10.8. The summed E-state index contributed by atoms with van der Waals surface area (Å²) in [5.41, 5.74) is 2.78. The van der Waals surface area contributed by atoms with Crippen LogP contribution in [0.3, 0.4) is 0 Å². The van der Waals surface area contributed by atoms with Crippen molar-refractivity contribution in [1.82, 2.24) is 24.7 Å². The van der Waals surface area contributed by atoms with Gasteiger partial charge >= 0.3 is 6.18 Å². The Hall–Kier alpha value is -3.46. The fraction of sp³-hybridized carbons (Fsp3) is 0.292. The Morgan fingerprint density at radius 2 is 1.36 bits per heavy atom. The lowest BCUT2D eigenvalue weighted by Gasteiger charge is -2.40. The van der Waals surface area contributed by atoms with Gasteiger partial charge in [-0.3, -0.25) is 4.90 Å². The van der Waals surface area contributed by atoms with Gasteiger partial charge in [0.05, 0.1) is 6.04 Å². The second kappa shape index (κ2) is 8.82. The van der Waals surface area contributed by atoms with Crippen LogP contribution in [0.25, 0.3) is 5.65 Å². The van der Waals surface area contributed by atoms with E-state index < -0.39 is 12.6 Å². The van der Waals surface area contributed by atoms with Gasteiger partial charge in [-0.05, 0) is 23.3 Å². The number of halogens is 3. The molecule has 33 heavy (non-hydrogen) atoms. The summed E-state index contributed by atoms with van der Waals surface area (Å²) in [5, 5.41) is 11.9. The number of anilines is 1. The molecule has 0 atom stereocenters. The van der Waals surface area contributed by atoms with E-state index in [0.29, 0.717) is 24.6 Å². The predicted molar refractivity (Wildman–Crippen MR) is 119 cm³/mol. The van der Waals surface area contributed by atoms with Gasteiger partial charge in [0.1, 0.15) is 12.2 Å². The molecule has 1 fully saturated rings. The summed E-state index contributed by atoms with van der Waals surface area (Å²) in [4.78, 5) is 4.54. The van der Waals surface area contributed by atoms with E-state index in [-0.39, 0.29) is 11.9 Å². The number of hydrogen-bond donors (Lipinski definition) is 0. The van der Waals surface area contributed by atoms with Crippen LogP contribution in [0.2, 0.25) is 0 Å². The minimum absolute atomic E-state index is 0.140. The summed E-state index contributed by atoms with van der Waals surface area (Å²) >= 11 is 0. The van der Waals surface area contributed by atoms with Gasteiger partial charge in [0.25, 0.3) is 0 Å². The van der Waals surface area contributed by atoms with Crippen molar-refractivity contribution >= 4 is 11.5 Å². The highest BCUT2D eigenvalue weighted by molar-refractivity contribution is 5.46. The Labute approximate surface area is 189 Å². The molecule has 9 heteroatoms. The van der Waals surface area contributed by atoms with E-state index in [1.165, 1.54) is 15.6 Å². The van der Waals surface area contributed by atoms with Crippen LogP contribution in [0.1, 0.15) is 23.0 Å². The minimum Gasteiger partial charge on any atom is -0.353 e. The monoisotopic (exact) mass is 452 g/mol. The summed E-state index contributed by atoms with van der Waals surface area (Å²) in [6.07, 6.45) is -5.52. The van der Waals surface area contributed by atoms with E-state index >= 15 is 0 Å². The molecule has 1 aliphatic heterocycles. The normalized spacial score (nSPS) is 15.5. The van der Waals surface area contributed by atoms with E-state index in [4.69, 9.17) is 0 Å². The highest BCUT2D eigenvalue weighted by Gasteiger charge is 2.31. The first-order valence-corrected chi connectivity index (χ1v) is 10.8.